The number of amides is 1. The Morgan fingerprint density at radius 3 is 2.86 bits per heavy atom. The molecule has 5 heteroatoms. The van der Waals surface area contributed by atoms with E-state index < -0.39 is 0 Å². The molecule has 5 nitrogen and oxygen atoms in total. The van der Waals surface area contributed by atoms with Crippen molar-refractivity contribution >= 4 is 5.91 Å². The summed E-state index contributed by atoms with van der Waals surface area (Å²) in [6.07, 6.45) is -0.101. The number of nitrogens with zero attached hydrogens (tertiary/aromatic N) is 2. The smallest absolute Gasteiger partial charge is 0.234 e. The highest BCUT2D eigenvalue weighted by atomic mass is 16.1. The predicted molar refractivity (Wildman–Crippen MR) is 50.1 cm³/mol. The Labute approximate surface area is 82.1 Å². The van der Waals surface area contributed by atoms with Crippen LogP contribution in [0.5, 0.6) is 0 Å². The molecule has 1 heterocycles. The van der Waals surface area contributed by atoms with Gasteiger partial charge in [0.15, 0.2) is 0 Å². The van der Waals surface area contributed by atoms with Gasteiger partial charge in [0.1, 0.15) is 6.42 Å². The fourth-order valence-electron chi connectivity index (χ4n) is 1.16. The van der Waals surface area contributed by atoms with E-state index in [1.54, 1.807) is 6.07 Å². The first kappa shape index (κ1) is 10.3. The SMILES string of the molecule is Cc1n[nH]c(C)c1CNC(=O)CC#N. The van der Waals surface area contributed by atoms with E-state index >= 15 is 0 Å². The lowest BCUT2D eigenvalue weighted by Crippen LogP contribution is -2.22. The van der Waals surface area contributed by atoms with Crippen molar-refractivity contribution in [3.63, 3.8) is 0 Å². The van der Waals surface area contributed by atoms with E-state index in [1.165, 1.54) is 0 Å². The Morgan fingerprint density at radius 1 is 1.64 bits per heavy atom. The van der Waals surface area contributed by atoms with Crippen LogP contribution in [0.2, 0.25) is 0 Å². The summed E-state index contributed by atoms with van der Waals surface area (Å²) in [6, 6.07) is 1.79. The molecule has 1 aromatic rings. The Bertz CT molecular complexity index is 355. The second-order valence-corrected chi connectivity index (χ2v) is 3.02. The minimum atomic E-state index is -0.257. The van der Waals surface area contributed by atoms with Crippen LogP contribution in [-0.2, 0) is 11.3 Å². The molecule has 0 radical (unpaired) electrons. The number of aromatic amines is 1. The van der Waals surface area contributed by atoms with Crippen molar-refractivity contribution in [2.24, 2.45) is 0 Å². The third-order valence-electron chi connectivity index (χ3n) is 1.98. The predicted octanol–water partition coefficient (Wildman–Crippen LogP) is 0.556. The summed E-state index contributed by atoms with van der Waals surface area (Å²) in [7, 11) is 0. The molecule has 0 aliphatic heterocycles. The van der Waals surface area contributed by atoms with Crippen LogP contribution in [0.4, 0.5) is 0 Å². The van der Waals surface area contributed by atoms with Gasteiger partial charge in [0.2, 0.25) is 5.91 Å². The van der Waals surface area contributed by atoms with Crippen LogP contribution in [-0.4, -0.2) is 16.1 Å². The number of carbonyl (C=O) groups is 1. The molecule has 0 aromatic carbocycles. The molecular weight excluding hydrogens is 180 g/mol. The Balaban J connectivity index is 2.54. The molecule has 0 aliphatic rings. The zero-order chi connectivity index (χ0) is 10.6. The van der Waals surface area contributed by atoms with Crippen molar-refractivity contribution in [2.45, 2.75) is 26.8 Å². The topological polar surface area (TPSA) is 81.6 Å². The quantitative estimate of drug-likeness (QED) is 0.734. The first-order valence-electron chi connectivity index (χ1n) is 4.29. The highest BCUT2D eigenvalue weighted by Crippen LogP contribution is 2.08. The largest absolute Gasteiger partial charge is 0.351 e. The van der Waals surface area contributed by atoms with Gasteiger partial charge in [0, 0.05) is 17.8 Å². The minimum absolute atomic E-state index is 0.101. The molecular formula is C9H12N4O. The minimum Gasteiger partial charge on any atom is -0.351 e. The molecule has 0 aliphatic carbocycles. The van der Waals surface area contributed by atoms with Crippen LogP contribution in [0.25, 0.3) is 0 Å². The summed E-state index contributed by atoms with van der Waals surface area (Å²) in [4.78, 5) is 11.0. The molecule has 2 N–H and O–H groups in total. The number of H-pyrrole nitrogens is 1. The van der Waals surface area contributed by atoms with Crippen molar-refractivity contribution in [1.82, 2.24) is 15.5 Å². The normalized spacial score (nSPS) is 9.50. The van der Waals surface area contributed by atoms with Gasteiger partial charge >= 0.3 is 0 Å². The number of rotatable bonds is 3. The van der Waals surface area contributed by atoms with Crippen LogP contribution in [0.15, 0.2) is 0 Å². The molecule has 0 saturated heterocycles. The second kappa shape index (κ2) is 4.42. The third kappa shape index (κ3) is 2.33. The van der Waals surface area contributed by atoms with Gasteiger partial charge in [-0.15, -0.1) is 0 Å². The number of aryl methyl sites for hydroxylation is 2. The van der Waals surface area contributed by atoms with E-state index in [0.29, 0.717) is 6.54 Å². The summed E-state index contributed by atoms with van der Waals surface area (Å²) in [6.45, 7) is 4.19. The van der Waals surface area contributed by atoms with Gasteiger partial charge in [0.25, 0.3) is 0 Å². The molecule has 1 amide bonds. The van der Waals surface area contributed by atoms with Gasteiger partial charge in [-0.1, -0.05) is 0 Å². The molecule has 0 fully saturated rings. The molecule has 14 heavy (non-hydrogen) atoms. The summed E-state index contributed by atoms with van der Waals surface area (Å²) in [5.41, 5.74) is 2.80. The summed E-state index contributed by atoms with van der Waals surface area (Å²) in [5.74, 6) is -0.257. The maximum Gasteiger partial charge on any atom is 0.234 e. The Kier molecular flexibility index (Phi) is 3.24. The number of aromatic nitrogens is 2. The molecule has 0 bridgehead atoms. The van der Waals surface area contributed by atoms with E-state index in [4.69, 9.17) is 5.26 Å². The lowest BCUT2D eigenvalue weighted by atomic mass is 10.2. The van der Waals surface area contributed by atoms with Gasteiger partial charge in [-0.2, -0.15) is 10.4 Å². The number of nitriles is 1. The highest BCUT2D eigenvalue weighted by molar-refractivity contribution is 5.77. The van der Waals surface area contributed by atoms with E-state index in [1.807, 2.05) is 13.8 Å². The van der Waals surface area contributed by atoms with Crippen molar-refractivity contribution < 1.29 is 4.79 Å². The van der Waals surface area contributed by atoms with Gasteiger partial charge in [-0.25, -0.2) is 0 Å². The lowest BCUT2D eigenvalue weighted by Gasteiger charge is -2.02. The highest BCUT2D eigenvalue weighted by Gasteiger charge is 2.07. The maximum absolute atomic E-state index is 11.0. The molecule has 0 atom stereocenters. The summed E-state index contributed by atoms with van der Waals surface area (Å²) < 4.78 is 0. The van der Waals surface area contributed by atoms with Crippen molar-refractivity contribution in [1.29, 1.82) is 5.26 Å². The molecule has 0 saturated carbocycles. The van der Waals surface area contributed by atoms with Crippen molar-refractivity contribution in [2.75, 3.05) is 0 Å². The molecule has 74 valence electrons. The monoisotopic (exact) mass is 192 g/mol. The fraction of sp³-hybridized carbons (Fsp3) is 0.444. The number of nitrogens with one attached hydrogen (secondary N) is 2. The summed E-state index contributed by atoms with van der Waals surface area (Å²) >= 11 is 0. The van der Waals surface area contributed by atoms with Gasteiger partial charge in [0.05, 0.1) is 11.8 Å². The first-order chi connectivity index (χ1) is 6.65. The Morgan fingerprint density at radius 2 is 2.36 bits per heavy atom. The number of hydrogen-bond donors (Lipinski definition) is 2. The molecule has 1 aromatic heterocycles. The van der Waals surface area contributed by atoms with Crippen LogP contribution in [0.1, 0.15) is 23.4 Å². The maximum atomic E-state index is 11.0. The lowest BCUT2D eigenvalue weighted by molar-refractivity contribution is -0.120. The zero-order valence-electron chi connectivity index (χ0n) is 8.22. The first-order valence-corrected chi connectivity index (χ1v) is 4.29. The van der Waals surface area contributed by atoms with Crippen LogP contribution >= 0.6 is 0 Å². The number of hydrogen-bond acceptors (Lipinski definition) is 3. The summed E-state index contributed by atoms with van der Waals surface area (Å²) in [5, 5.41) is 17.7. The zero-order valence-corrected chi connectivity index (χ0v) is 8.22. The molecule has 0 spiro atoms. The van der Waals surface area contributed by atoms with Gasteiger partial charge in [-0.3, -0.25) is 9.89 Å². The van der Waals surface area contributed by atoms with Crippen molar-refractivity contribution in [3.8, 4) is 6.07 Å². The standard InChI is InChI=1S/C9H12N4O/c1-6-8(7(2)13-12-6)5-11-9(14)3-4-10/h3,5H2,1-2H3,(H,11,14)(H,12,13). The van der Waals surface area contributed by atoms with Gasteiger partial charge < -0.3 is 5.32 Å². The van der Waals surface area contributed by atoms with E-state index in [9.17, 15) is 4.79 Å². The van der Waals surface area contributed by atoms with E-state index in [2.05, 4.69) is 15.5 Å². The van der Waals surface area contributed by atoms with Crippen LogP contribution in [0.3, 0.4) is 0 Å². The number of carbonyl (C=O) groups excluding carboxylic acids is 1. The third-order valence-corrected chi connectivity index (χ3v) is 1.98. The molecule has 0 unspecified atom stereocenters. The van der Waals surface area contributed by atoms with Crippen LogP contribution < -0.4 is 5.32 Å². The second-order valence-electron chi connectivity index (χ2n) is 3.02. The van der Waals surface area contributed by atoms with E-state index in [0.717, 1.165) is 17.0 Å². The van der Waals surface area contributed by atoms with Crippen LogP contribution in [0, 0.1) is 25.2 Å². The molecule has 1 rings (SSSR count). The van der Waals surface area contributed by atoms with Crippen molar-refractivity contribution in [3.05, 3.63) is 17.0 Å². The van der Waals surface area contributed by atoms with Gasteiger partial charge in [-0.05, 0) is 13.8 Å². The average Bonchev–Trinajstić information content (AvgIpc) is 2.44. The van der Waals surface area contributed by atoms with E-state index in [-0.39, 0.29) is 12.3 Å². The fourth-order valence-corrected chi connectivity index (χ4v) is 1.16. The Hall–Kier alpha value is -1.83. The average molecular weight is 192 g/mol.